The first-order chi connectivity index (χ1) is 17.4. The predicted octanol–water partition coefficient (Wildman–Crippen LogP) is 2.99. The van der Waals surface area contributed by atoms with Gasteiger partial charge in [-0.2, -0.15) is 4.31 Å². The molecule has 1 fully saturated rings. The zero-order valence-electron chi connectivity index (χ0n) is 20.8. The highest BCUT2D eigenvalue weighted by molar-refractivity contribution is 7.89. The predicted molar refractivity (Wildman–Crippen MR) is 139 cm³/mol. The molecule has 2 atom stereocenters. The molecule has 1 N–H and O–H groups in total. The molecule has 2 aromatic heterocycles. The van der Waals surface area contributed by atoms with Crippen molar-refractivity contribution in [3.8, 4) is 5.75 Å². The highest BCUT2D eigenvalue weighted by Gasteiger charge is 2.36. The summed E-state index contributed by atoms with van der Waals surface area (Å²) in [5, 5.41) is 13.6. The number of anilines is 1. The first-order valence-electron chi connectivity index (χ1n) is 11.5. The maximum Gasteiger partial charge on any atom is 0.271 e. The molecule has 0 spiro atoms. The van der Waals surface area contributed by atoms with Crippen LogP contribution in [-0.4, -0.2) is 53.3 Å². The van der Waals surface area contributed by atoms with Gasteiger partial charge in [-0.3, -0.25) is 24.3 Å². The van der Waals surface area contributed by atoms with Gasteiger partial charge in [0.1, 0.15) is 22.0 Å². The van der Waals surface area contributed by atoms with Crippen LogP contribution in [0.2, 0.25) is 0 Å². The Morgan fingerprint density at radius 1 is 1.30 bits per heavy atom. The van der Waals surface area contributed by atoms with Crippen molar-refractivity contribution < 1.29 is 22.9 Å². The monoisotopic (exact) mass is 549 g/mol. The summed E-state index contributed by atoms with van der Waals surface area (Å²) in [6.45, 7) is 5.89. The molecular weight excluding hydrogens is 522 g/mol. The molecule has 198 valence electrons. The van der Waals surface area contributed by atoms with Gasteiger partial charge in [0.15, 0.2) is 0 Å². The number of sulfonamides is 1. The van der Waals surface area contributed by atoms with E-state index in [0.29, 0.717) is 18.0 Å². The van der Waals surface area contributed by atoms with E-state index in [1.54, 1.807) is 6.92 Å². The van der Waals surface area contributed by atoms with Crippen LogP contribution in [-0.2, 0) is 21.4 Å². The number of carbonyl (C=O) groups is 1. The number of aryl methyl sites for hydroxylation is 1. The van der Waals surface area contributed by atoms with Crippen LogP contribution >= 0.6 is 11.3 Å². The number of nitrogens with zero attached hydrogens (tertiary/aromatic N) is 4. The highest BCUT2D eigenvalue weighted by Crippen LogP contribution is 2.35. The average Bonchev–Trinajstić information content (AvgIpc) is 3.17. The molecule has 1 amide bonds. The van der Waals surface area contributed by atoms with E-state index in [1.165, 1.54) is 29.9 Å². The van der Waals surface area contributed by atoms with Crippen molar-refractivity contribution >= 4 is 48.9 Å². The van der Waals surface area contributed by atoms with Crippen LogP contribution in [0.5, 0.6) is 5.75 Å². The second kappa shape index (κ2) is 10.2. The summed E-state index contributed by atoms with van der Waals surface area (Å²) in [7, 11) is -2.62. The fourth-order valence-corrected chi connectivity index (χ4v) is 8.07. The number of aromatic nitrogens is 2. The molecule has 3 heterocycles. The number of hydrogen-bond acceptors (Lipinski definition) is 9. The number of rotatable bonds is 7. The van der Waals surface area contributed by atoms with Gasteiger partial charge < -0.3 is 10.1 Å². The van der Waals surface area contributed by atoms with Crippen LogP contribution in [0.3, 0.4) is 0 Å². The lowest BCUT2D eigenvalue weighted by atomic mass is 9.94. The lowest BCUT2D eigenvalue weighted by Gasteiger charge is -2.34. The number of amides is 1. The van der Waals surface area contributed by atoms with E-state index >= 15 is 0 Å². The van der Waals surface area contributed by atoms with Gasteiger partial charge >= 0.3 is 0 Å². The molecule has 14 heteroatoms. The van der Waals surface area contributed by atoms with Crippen molar-refractivity contribution in [3.63, 3.8) is 0 Å². The van der Waals surface area contributed by atoms with Crippen molar-refractivity contribution in [1.82, 2.24) is 13.9 Å². The molecule has 0 aliphatic carbocycles. The van der Waals surface area contributed by atoms with Gasteiger partial charge in [-0.1, -0.05) is 13.8 Å². The first-order valence-corrected chi connectivity index (χ1v) is 13.8. The smallest absolute Gasteiger partial charge is 0.271 e. The number of piperidine rings is 1. The van der Waals surface area contributed by atoms with E-state index in [0.717, 1.165) is 28.4 Å². The SMILES string of the molecule is COc1ccc([N+](=O)[O-])cc1NC(=O)Cn1cnc2sc(C)c(S(=O)(=O)N3C[C@H](C)C[C@H](C)C3)c2c1=O. The number of methoxy groups -OCH3 is 1. The van der Waals surface area contributed by atoms with Gasteiger partial charge in [0, 0.05) is 30.1 Å². The molecule has 1 aliphatic heterocycles. The lowest BCUT2D eigenvalue weighted by molar-refractivity contribution is -0.384. The molecule has 1 aromatic carbocycles. The average molecular weight is 550 g/mol. The number of non-ortho nitro benzene ring substituents is 1. The molecule has 3 aromatic rings. The minimum atomic E-state index is -3.97. The van der Waals surface area contributed by atoms with Crippen LogP contribution in [0.25, 0.3) is 10.2 Å². The van der Waals surface area contributed by atoms with Crippen molar-refractivity contribution in [2.45, 2.75) is 38.6 Å². The normalized spacial score (nSPS) is 18.6. The van der Waals surface area contributed by atoms with Crippen molar-refractivity contribution in [1.29, 1.82) is 0 Å². The number of nitro groups is 1. The van der Waals surface area contributed by atoms with E-state index in [-0.39, 0.29) is 44.1 Å². The largest absolute Gasteiger partial charge is 0.495 e. The molecule has 37 heavy (non-hydrogen) atoms. The molecular formula is C23H27N5O7S2. The number of benzene rings is 1. The molecule has 0 radical (unpaired) electrons. The number of thiophene rings is 1. The Labute approximate surface area is 217 Å². The Balaban J connectivity index is 1.68. The fourth-order valence-electron chi connectivity index (χ4n) is 4.72. The zero-order chi connectivity index (χ0) is 27.1. The number of hydrogen-bond donors (Lipinski definition) is 1. The molecule has 1 aliphatic rings. The standard InChI is InChI=1S/C23H27N5O7S2/c1-13-7-14(2)10-27(9-13)37(33,34)21-15(3)36-22-20(21)23(30)26(12-24-22)11-19(29)25-17-8-16(28(31)32)5-6-18(17)35-4/h5-6,8,12-14H,7,9-11H2,1-4H3,(H,25,29)/t13-,14+. The van der Waals surface area contributed by atoms with Crippen molar-refractivity contribution in [2.24, 2.45) is 11.8 Å². The van der Waals surface area contributed by atoms with Gasteiger partial charge in [-0.15, -0.1) is 11.3 Å². The van der Waals surface area contributed by atoms with Gasteiger partial charge in [0.25, 0.3) is 11.2 Å². The zero-order valence-corrected chi connectivity index (χ0v) is 22.4. The van der Waals surface area contributed by atoms with E-state index in [2.05, 4.69) is 10.3 Å². The number of ether oxygens (including phenoxy) is 1. The maximum atomic E-state index is 13.7. The molecule has 0 saturated carbocycles. The summed E-state index contributed by atoms with van der Waals surface area (Å²) in [6.07, 6.45) is 2.11. The Morgan fingerprint density at radius 2 is 1.97 bits per heavy atom. The fraction of sp³-hybridized carbons (Fsp3) is 0.435. The third kappa shape index (κ3) is 5.22. The van der Waals surface area contributed by atoms with Crippen LogP contribution < -0.4 is 15.6 Å². The Morgan fingerprint density at radius 3 is 2.59 bits per heavy atom. The third-order valence-corrected chi connectivity index (χ3v) is 9.36. The lowest BCUT2D eigenvalue weighted by Crippen LogP contribution is -2.42. The van der Waals surface area contributed by atoms with Crippen LogP contribution in [0, 0.1) is 28.9 Å². The minimum absolute atomic E-state index is 0.0448. The number of nitro benzene ring substituents is 1. The van der Waals surface area contributed by atoms with Crippen LogP contribution in [0.4, 0.5) is 11.4 Å². The minimum Gasteiger partial charge on any atom is -0.495 e. The first kappa shape index (κ1) is 26.7. The molecule has 0 bridgehead atoms. The number of carbonyl (C=O) groups excluding carboxylic acids is 1. The van der Waals surface area contributed by atoms with Crippen LogP contribution in [0.1, 0.15) is 25.1 Å². The Bertz CT molecular complexity index is 1540. The highest BCUT2D eigenvalue weighted by atomic mass is 32.2. The molecule has 4 rings (SSSR count). The Kier molecular flexibility index (Phi) is 7.35. The summed E-state index contributed by atoms with van der Waals surface area (Å²) in [6, 6.07) is 3.73. The topological polar surface area (TPSA) is 154 Å². The quantitative estimate of drug-likeness (QED) is 0.349. The maximum absolute atomic E-state index is 13.7. The van der Waals surface area contributed by atoms with E-state index in [4.69, 9.17) is 4.74 Å². The van der Waals surface area contributed by atoms with E-state index in [9.17, 15) is 28.1 Å². The summed E-state index contributed by atoms with van der Waals surface area (Å²) < 4.78 is 34.9. The second-order valence-corrected chi connectivity index (χ2v) is 12.4. The van der Waals surface area contributed by atoms with E-state index in [1.807, 2.05) is 13.8 Å². The van der Waals surface area contributed by atoms with Gasteiger partial charge in [0.2, 0.25) is 15.9 Å². The van der Waals surface area contributed by atoms with Gasteiger partial charge in [-0.05, 0) is 31.2 Å². The summed E-state index contributed by atoms with van der Waals surface area (Å²) in [5.74, 6) is -0.0928. The van der Waals surface area contributed by atoms with E-state index < -0.39 is 33.0 Å². The summed E-state index contributed by atoms with van der Waals surface area (Å²) in [5.41, 5.74) is -0.847. The Hall–Kier alpha value is -3.36. The summed E-state index contributed by atoms with van der Waals surface area (Å²) in [4.78, 5) is 41.6. The number of fused-ring (bicyclic) bond motifs is 1. The second-order valence-electron chi connectivity index (χ2n) is 9.30. The van der Waals surface area contributed by atoms with Crippen LogP contribution in [0.15, 0.2) is 34.2 Å². The van der Waals surface area contributed by atoms with Gasteiger partial charge in [-0.25, -0.2) is 13.4 Å². The molecule has 12 nitrogen and oxygen atoms in total. The number of nitrogens with one attached hydrogen (secondary N) is 1. The van der Waals surface area contributed by atoms with Crippen molar-refractivity contribution in [3.05, 3.63) is 49.9 Å². The summed E-state index contributed by atoms with van der Waals surface area (Å²) >= 11 is 1.11. The van der Waals surface area contributed by atoms with Crippen molar-refractivity contribution in [2.75, 3.05) is 25.5 Å². The van der Waals surface area contributed by atoms with Gasteiger partial charge in [0.05, 0.1) is 29.4 Å². The third-order valence-electron chi connectivity index (χ3n) is 6.21. The molecule has 0 unspecified atom stereocenters. The molecule has 1 saturated heterocycles.